The predicted octanol–water partition coefficient (Wildman–Crippen LogP) is 4.24. The fraction of sp³-hybridized carbons (Fsp3) is 0.478. The van der Waals surface area contributed by atoms with Crippen LogP contribution in [0.25, 0.3) is 10.4 Å². The van der Waals surface area contributed by atoms with Crippen LogP contribution in [-0.2, 0) is 16.0 Å². The molecule has 0 unspecified atom stereocenters. The molecule has 2 heterocycles. The second kappa shape index (κ2) is 8.08. The average molecular weight is 397 g/mol. The van der Waals surface area contributed by atoms with E-state index in [1.165, 1.54) is 23.3 Å². The van der Waals surface area contributed by atoms with E-state index in [4.69, 9.17) is 5.73 Å². The maximum Gasteiger partial charge on any atom is 0.225 e. The van der Waals surface area contributed by atoms with Crippen molar-refractivity contribution in [2.75, 3.05) is 13.1 Å². The molecule has 1 saturated carbocycles. The van der Waals surface area contributed by atoms with Gasteiger partial charge in [-0.1, -0.05) is 43.2 Å². The van der Waals surface area contributed by atoms with Crippen molar-refractivity contribution >= 4 is 23.2 Å². The van der Waals surface area contributed by atoms with Crippen LogP contribution in [0.2, 0.25) is 0 Å². The molecule has 28 heavy (non-hydrogen) atoms. The van der Waals surface area contributed by atoms with Crippen molar-refractivity contribution in [2.24, 2.45) is 17.1 Å². The minimum atomic E-state index is -0.653. The van der Waals surface area contributed by atoms with E-state index in [1.807, 2.05) is 17.0 Å². The van der Waals surface area contributed by atoms with E-state index >= 15 is 0 Å². The molecule has 1 aromatic carbocycles. The van der Waals surface area contributed by atoms with Crippen LogP contribution < -0.4 is 5.73 Å². The molecule has 4 rings (SSSR count). The zero-order chi connectivity index (χ0) is 19.6. The largest absolute Gasteiger partial charge is 0.369 e. The van der Waals surface area contributed by atoms with Gasteiger partial charge in [0.05, 0.1) is 5.41 Å². The average Bonchev–Trinajstić information content (AvgIpc) is 3.44. The summed E-state index contributed by atoms with van der Waals surface area (Å²) >= 11 is 1.71. The third kappa shape index (κ3) is 4.00. The monoisotopic (exact) mass is 396 g/mol. The quantitative estimate of drug-likeness (QED) is 0.794. The fourth-order valence-electron chi connectivity index (χ4n) is 4.78. The van der Waals surface area contributed by atoms with E-state index in [0.29, 0.717) is 38.3 Å². The number of carbonyl (C=O) groups is 2. The summed E-state index contributed by atoms with van der Waals surface area (Å²) in [5.41, 5.74) is 7.48. The number of primary amides is 1. The molecule has 1 aliphatic carbocycles. The van der Waals surface area contributed by atoms with Crippen molar-refractivity contribution in [3.05, 3.63) is 47.3 Å². The molecule has 0 spiro atoms. The Morgan fingerprint density at radius 2 is 2.00 bits per heavy atom. The van der Waals surface area contributed by atoms with Crippen molar-refractivity contribution in [2.45, 2.75) is 44.9 Å². The lowest BCUT2D eigenvalue weighted by Crippen LogP contribution is -2.42. The summed E-state index contributed by atoms with van der Waals surface area (Å²) in [5, 5.41) is 2.07. The summed E-state index contributed by atoms with van der Waals surface area (Å²) in [6.45, 7) is 1.09. The highest BCUT2D eigenvalue weighted by Crippen LogP contribution is 2.37. The lowest BCUT2D eigenvalue weighted by Gasteiger charge is -2.26. The second-order valence-corrected chi connectivity index (χ2v) is 9.37. The van der Waals surface area contributed by atoms with Gasteiger partial charge >= 0.3 is 0 Å². The lowest BCUT2D eigenvalue weighted by atomic mass is 9.80. The van der Waals surface area contributed by atoms with Gasteiger partial charge in [-0.2, -0.15) is 0 Å². The SMILES string of the molecule is NC(=O)[C@]1(Cc2cccc(-c3cccs3)c2)CCN(C(=O)CC2CCCC2)C1. The van der Waals surface area contributed by atoms with Gasteiger partial charge in [-0.15, -0.1) is 11.3 Å². The molecule has 2 aromatic rings. The molecule has 4 nitrogen and oxygen atoms in total. The van der Waals surface area contributed by atoms with Crippen molar-refractivity contribution < 1.29 is 9.59 Å². The molecule has 2 fully saturated rings. The van der Waals surface area contributed by atoms with Gasteiger partial charge < -0.3 is 10.6 Å². The van der Waals surface area contributed by atoms with Gasteiger partial charge in [0, 0.05) is 24.4 Å². The Morgan fingerprint density at radius 3 is 2.71 bits per heavy atom. The fourth-order valence-corrected chi connectivity index (χ4v) is 5.50. The van der Waals surface area contributed by atoms with Crippen LogP contribution in [0, 0.1) is 11.3 Å². The molecule has 148 valence electrons. The molecule has 2 amide bonds. The number of rotatable bonds is 6. The summed E-state index contributed by atoms with van der Waals surface area (Å²) in [7, 11) is 0. The Morgan fingerprint density at radius 1 is 1.18 bits per heavy atom. The van der Waals surface area contributed by atoms with Crippen LogP contribution in [0.1, 0.15) is 44.1 Å². The third-order valence-electron chi connectivity index (χ3n) is 6.44. The Labute approximate surface area is 170 Å². The van der Waals surface area contributed by atoms with Crippen LogP contribution in [0.15, 0.2) is 41.8 Å². The normalized spacial score (nSPS) is 22.6. The van der Waals surface area contributed by atoms with E-state index in [9.17, 15) is 9.59 Å². The Bertz CT molecular complexity index is 842. The lowest BCUT2D eigenvalue weighted by molar-refractivity contribution is -0.132. The second-order valence-electron chi connectivity index (χ2n) is 8.42. The van der Waals surface area contributed by atoms with Crippen molar-refractivity contribution in [1.29, 1.82) is 0 Å². The molecule has 2 aliphatic rings. The van der Waals surface area contributed by atoms with Crippen LogP contribution in [0.3, 0.4) is 0 Å². The number of benzene rings is 1. The summed E-state index contributed by atoms with van der Waals surface area (Å²) in [6, 6.07) is 12.5. The molecular formula is C23H28N2O2S. The summed E-state index contributed by atoms with van der Waals surface area (Å²) in [4.78, 5) is 28.3. The first-order valence-corrected chi connectivity index (χ1v) is 11.1. The molecular weight excluding hydrogens is 368 g/mol. The number of nitrogens with zero attached hydrogens (tertiary/aromatic N) is 1. The first-order valence-electron chi connectivity index (χ1n) is 10.3. The van der Waals surface area contributed by atoms with Crippen LogP contribution in [-0.4, -0.2) is 29.8 Å². The van der Waals surface area contributed by atoms with Crippen LogP contribution in [0.5, 0.6) is 0 Å². The van der Waals surface area contributed by atoms with Crippen LogP contribution >= 0.6 is 11.3 Å². The van der Waals surface area contributed by atoms with E-state index in [2.05, 4.69) is 29.6 Å². The highest BCUT2D eigenvalue weighted by molar-refractivity contribution is 7.13. The molecule has 1 aromatic heterocycles. The van der Waals surface area contributed by atoms with Crippen LogP contribution in [0.4, 0.5) is 0 Å². The van der Waals surface area contributed by atoms with E-state index in [1.54, 1.807) is 11.3 Å². The molecule has 1 aliphatic heterocycles. The molecule has 0 bridgehead atoms. The standard InChI is InChI=1S/C23H28N2O2S/c24-22(27)23(10-11-25(16-23)21(26)14-17-5-1-2-6-17)15-18-7-3-8-19(13-18)20-9-4-12-28-20/h3-4,7-9,12-13,17H,1-2,5-6,10-11,14-16H2,(H2,24,27)/t23-/m0/s1. The van der Waals surface area contributed by atoms with Gasteiger partial charge in [-0.05, 0) is 54.2 Å². The van der Waals surface area contributed by atoms with Gasteiger partial charge in [-0.25, -0.2) is 0 Å². The maximum absolute atomic E-state index is 12.7. The molecule has 1 atom stereocenters. The van der Waals surface area contributed by atoms with Gasteiger partial charge in [0.25, 0.3) is 0 Å². The number of likely N-dealkylation sites (tertiary alicyclic amines) is 1. The Kier molecular flexibility index (Phi) is 5.54. The zero-order valence-electron chi connectivity index (χ0n) is 16.2. The third-order valence-corrected chi connectivity index (χ3v) is 7.36. The number of thiophene rings is 1. The number of hydrogen-bond acceptors (Lipinski definition) is 3. The predicted molar refractivity (Wildman–Crippen MR) is 113 cm³/mol. The summed E-state index contributed by atoms with van der Waals surface area (Å²) in [5.74, 6) is 0.436. The number of nitrogens with two attached hydrogens (primary N) is 1. The first-order chi connectivity index (χ1) is 13.6. The molecule has 1 saturated heterocycles. The van der Waals surface area contributed by atoms with E-state index < -0.39 is 5.41 Å². The van der Waals surface area contributed by atoms with Gasteiger partial charge in [0.1, 0.15) is 0 Å². The number of hydrogen-bond donors (Lipinski definition) is 1. The minimum Gasteiger partial charge on any atom is -0.369 e. The van der Waals surface area contributed by atoms with Gasteiger partial charge in [-0.3, -0.25) is 9.59 Å². The topological polar surface area (TPSA) is 63.4 Å². The van der Waals surface area contributed by atoms with Gasteiger partial charge in [0.2, 0.25) is 11.8 Å². The maximum atomic E-state index is 12.7. The summed E-state index contributed by atoms with van der Waals surface area (Å²) in [6.07, 6.45) is 6.68. The molecule has 0 radical (unpaired) electrons. The molecule has 2 N–H and O–H groups in total. The van der Waals surface area contributed by atoms with Crippen molar-refractivity contribution in [1.82, 2.24) is 4.90 Å². The Balaban J connectivity index is 1.47. The number of carbonyl (C=O) groups excluding carboxylic acids is 2. The summed E-state index contributed by atoms with van der Waals surface area (Å²) < 4.78 is 0. The van der Waals surface area contributed by atoms with E-state index in [-0.39, 0.29) is 11.8 Å². The zero-order valence-corrected chi connectivity index (χ0v) is 17.0. The van der Waals surface area contributed by atoms with E-state index in [0.717, 1.165) is 18.4 Å². The van der Waals surface area contributed by atoms with Gasteiger partial charge in [0.15, 0.2) is 0 Å². The van der Waals surface area contributed by atoms with Crippen molar-refractivity contribution in [3.63, 3.8) is 0 Å². The molecule has 5 heteroatoms. The van der Waals surface area contributed by atoms with Crippen molar-refractivity contribution in [3.8, 4) is 10.4 Å². The minimum absolute atomic E-state index is 0.197. The number of amides is 2. The smallest absolute Gasteiger partial charge is 0.225 e. The Hall–Kier alpha value is -2.14. The highest BCUT2D eigenvalue weighted by atomic mass is 32.1. The highest BCUT2D eigenvalue weighted by Gasteiger charge is 2.45. The first kappa shape index (κ1) is 19.2.